The maximum atomic E-state index is 12.1. The predicted octanol–water partition coefficient (Wildman–Crippen LogP) is 3.38. The van der Waals surface area contributed by atoms with Gasteiger partial charge in [0.25, 0.3) is 0 Å². The Labute approximate surface area is 131 Å². The van der Waals surface area contributed by atoms with E-state index in [9.17, 15) is 4.79 Å². The molecule has 0 radical (unpaired) electrons. The number of carbonyl (C=O) groups excluding carboxylic acids is 1. The minimum atomic E-state index is -0.360. The molecule has 4 heteroatoms. The van der Waals surface area contributed by atoms with Gasteiger partial charge >= 0.3 is 5.97 Å². The Bertz CT molecular complexity index is 598. The number of methoxy groups -OCH3 is 1. The smallest absolute Gasteiger partial charge is 0.341 e. The lowest BCUT2D eigenvalue weighted by molar-refractivity contribution is 0.0511. The summed E-state index contributed by atoms with van der Waals surface area (Å²) in [6, 6.07) is 17.1. The van der Waals surface area contributed by atoms with Crippen LogP contribution in [0.3, 0.4) is 0 Å². The van der Waals surface area contributed by atoms with E-state index in [4.69, 9.17) is 9.47 Å². The minimum Gasteiger partial charge on any atom is -0.496 e. The van der Waals surface area contributed by atoms with Gasteiger partial charge in [-0.3, -0.25) is 0 Å². The maximum absolute atomic E-state index is 12.1. The van der Waals surface area contributed by atoms with E-state index in [0.717, 1.165) is 12.2 Å². The molecule has 22 heavy (non-hydrogen) atoms. The largest absolute Gasteiger partial charge is 0.496 e. The van der Waals surface area contributed by atoms with Crippen LogP contribution in [0.25, 0.3) is 0 Å². The zero-order valence-electron chi connectivity index (χ0n) is 13.0. The third-order valence-corrected chi connectivity index (χ3v) is 3.42. The number of benzene rings is 2. The van der Waals surface area contributed by atoms with Gasteiger partial charge in [0.1, 0.15) is 17.9 Å². The summed E-state index contributed by atoms with van der Waals surface area (Å²) in [5, 5.41) is 0. The Morgan fingerprint density at radius 2 is 1.73 bits per heavy atom. The van der Waals surface area contributed by atoms with Crippen LogP contribution in [-0.4, -0.2) is 32.8 Å². The van der Waals surface area contributed by atoms with E-state index in [1.54, 1.807) is 25.3 Å². The SMILES string of the molecule is CCN(CCOC(=O)c1ccccc1OC)c1ccccc1. The zero-order chi connectivity index (χ0) is 15.8. The molecule has 0 heterocycles. The standard InChI is InChI=1S/C18H21NO3/c1-3-19(15-9-5-4-6-10-15)13-14-22-18(20)16-11-7-8-12-17(16)21-2/h4-12H,3,13-14H2,1-2H3. The molecule has 0 bridgehead atoms. The molecule has 0 saturated heterocycles. The number of rotatable bonds is 7. The maximum Gasteiger partial charge on any atom is 0.341 e. The topological polar surface area (TPSA) is 38.8 Å². The van der Waals surface area contributed by atoms with Gasteiger partial charge in [-0.05, 0) is 31.2 Å². The van der Waals surface area contributed by atoms with Gasteiger partial charge in [0.15, 0.2) is 0 Å². The van der Waals surface area contributed by atoms with E-state index in [1.807, 2.05) is 36.4 Å². The summed E-state index contributed by atoms with van der Waals surface area (Å²) in [6.45, 7) is 3.92. The van der Waals surface area contributed by atoms with E-state index in [-0.39, 0.29) is 5.97 Å². The number of ether oxygens (including phenoxy) is 2. The summed E-state index contributed by atoms with van der Waals surface area (Å²) >= 11 is 0. The van der Waals surface area contributed by atoms with Crippen molar-refractivity contribution in [3.63, 3.8) is 0 Å². The lowest BCUT2D eigenvalue weighted by Gasteiger charge is -2.22. The van der Waals surface area contributed by atoms with Crippen molar-refractivity contribution in [1.29, 1.82) is 0 Å². The van der Waals surface area contributed by atoms with Gasteiger partial charge in [0.2, 0.25) is 0 Å². The highest BCUT2D eigenvalue weighted by molar-refractivity contribution is 5.92. The van der Waals surface area contributed by atoms with E-state index in [2.05, 4.69) is 11.8 Å². The Balaban J connectivity index is 1.91. The van der Waals surface area contributed by atoms with Crippen LogP contribution in [0.2, 0.25) is 0 Å². The summed E-state index contributed by atoms with van der Waals surface area (Å²) < 4.78 is 10.5. The molecule has 0 aliphatic rings. The summed E-state index contributed by atoms with van der Waals surface area (Å²) in [5.74, 6) is 0.171. The van der Waals surface area contributed by atoms with Crippen LogP contribution in [0.1, 0.15) is 17.3 Å². The molecule has 0 aliphatic heterocycles. The van der Waals surface area contributed by atoms with E-state index in [1.165, 1.54) is 0 Å². The minimum absolute atomic E-state index is 0.333. The van der Waals surface area contributed by atoms with Gasteiger partial charge in [0, 0.05) is 12.2 Å². The van der Waals surface area contributed by atoms with Crippen molar-refractivity contribution in [2.24, 2.45) is 0 Å². The van der Waals surface area contributed by atoms with Gasteiger partial charge in [-0.2, -0.15) is 0 Å². The van der Waals surface area contributed by atoms with E-state index >= 15 is 0 Å². The molecule has 2 aromatic rings. The van der Waals surface area contributed by atoms with Gasteiger partial charge in [-0.15, -0.1) is 0 Å². The third-order valence-electron chi connectivity index (χ3n) is 3.42. The first kappa shape index (κ1) is 15.9. The number of anilines is 1. The van der Waals surface area contributed by atoms with Crippen LogP contribution in [0.4, 0.5) is 5.69 Å². The van der Waals surface area contributed by atoms with Crippen molar-refractivity contribution in [3.05, 3.63) is 60.2 Å². The molecule has 0 atom stereocenters. The third kappa shape index (κ3) is 4.01. The summed E-state index contributed by atoms with van der Waals surface area (Å²) in [5.41, 5.74) is 1.58. The van der Waals surface area contributed by atoms with Gasteiger partial charge in [-0.1, -0.05) is 30.3 Å². The fourth-order valence-corrected chi connectivity index (χ4v) is 2.25. The highest BCUT2D eigenvalue weighted by atomic mass is 16.5. The molecule has 4 nitrogen and oxygen atoms in total. The van der Waals surface area contributed by atoms with Crippen LogP contribution < -0.4 is 9.64 Å². The quantitative estimate of drug-likeness (QED) is 0.735. The molecule has 0 amide bonds. The van der Waals surface area contributed by atoms with Crippen LogP contribution in [0.15, 0.2) is 54.6 Å². The first-order valence-corrected chi connectivity index (χ1v) is 7.36. The number of hydrogen-bond acceptors (Lipinski definition) is 4. The normalized spacial score (nSPS) is 10.1. The average molecular weight is 299 g/mol. The molecule has 0 spiro atoms. The van der Waals surface area contributed by atoms with Gasteiger partial charge < -0.3 is 14.4 Å². The molecule has 2 rings (SSSR count). The van der Waals surface area contributed by atoms with E-state index in [0.29, 0.717) is 24.5 Å². The second kappa shape index (κ2) is 8.08. The second-order valence-corrected chi connectivity index (χ2v) is 4.75. The van der Waals surface area contributed by atoms with Crippen LogP contribution in [0, 0.1) is 0 Å². The average Bonchev–Trinajstić information content (AvgIpc) is 2.59. The highest BCUT2D eigenvalue weighted by Crippen LogP contribution is 2.18. The van der Waals surface area contributed by atoms with Crippen LogP contribution in [0.5, 0.6) is 5.75 Å². The molecule has 0 unspecified atom stereocenters. The Kier molecular flexibility index (Phi) is 5.83. The molecular weight excluding hydrogens is 278 g/mol. The summed E-state index contributed by atoms with van der Waals surface area (Å²) in [6.07, 6.45) is 0. The van der Waals surface area contributed by atoms with E-state index < -0.39 is 0 Å². The van der Waals surface area contributed by atoms with Crippen molar-refractivity contribution < 1.29 is 14.3 Å². The Morgan fingerprint density at radius 3 is 2.41 bits per heavy atom. The van der Waals surface area contributed by atoms with Gasteiger partial charge in [-0.25, -0.2) is 4.79 Å². The van der Waals surface area contributed by atoms with Crippen molar-refractivity contribution in [2.75, 3.05) is 31.7 Å². The molecule has 0 fully saturated rings. The Morgan fingerprint density at radius 1 is 1.05 bits per heavy atom. The lowest BCUT2D eigenvalue weighted by Crippen LogP contribution is -2.28. The van der Waals surface area contributed by atoms with Crippen molar-refractivity contribution in [1.82, 2.24) is 0 Å². The van der Waals surface area contributed by atoms with Crippen LogP contribution >= 0.6 is 0 Å². The number of carbonyl (C=O) groups is 1. The molecule has 0 saturated carbocycles. The van der Waals surface area contributed by atoms with Crippen molar-refractivity contribution >= 4 is 11.7 Å². The summed E-state index contributed by atoms with van der Waals surface area (Å²) in [7, 11) is 1.54. The van der Waals surface area contributed by atoms with Crippen molar-refractivity contribution in [2.45, 2.75) is 6.92 Å². The summed E-state index contributed by atoms with van der Waals surface area (Å²) in [4.78, 5) is 14.3. The highest BCUT2D eigenvalue weighted by Gasteiger charge is 2.13. The number of esters is 1. The number of likely N-dealkylation sites (N-methyl/N-ethyl adjacent to an activating group) is 1. The second-order valence-electron chi connectivity index (χ2n) is 4.75. The molecule has 0 N–H and O–H groups in total. The first-order chi connectivity index (χ1) is 10.8. The van der Waals surface area contributed by atoms with Crippen molar-refractivity contribution in [3.8, 4) is 5.75 Å². The molecule has 2 aromatic carbocycles. The fraction of sp³-hybridized carbons (Fsp3) is 0.278. The Hall–Kier alpha value is -2.49. The zero-order valence-corrected chi connectivity index (χ0v) is 13.0. The lowest BCUT2D eigenvalue weighted by atomic mass is 10.2. The monoisotopic (exact) mass is 299 g/mol. The number of para-hydroxylation sites is 2. The van der Waals surface area contributed by atoms with Crippen LogP contribution in [-0.2, 0) is 4.74 Å². The predicted molar refractivity (Wildman–Crippen MR) is 87.6 cm³/mol. The molecule has 0 aromatic heterocycles. The number of nitrogens with zero attached hydrogens (tertiary/aromatic N) is 1. The fourth-order valence-electron chi connectivity index (χ4n) is 2.25. The molecule has 116 valence electrons. The molecular formula is C18H21NO3. The first-order valence-electron chi connectivity index (χ1n) is 7.36. The van der Waals surface area contributed by atoms with Gasteiger partial charge in [0.05, 0.1) is 13.7 Å². The molecule has 0 aliphatic carbocycles. The number of hydrogen-bond donors (Lipinski definition) is 0.